The molecule has 0 amide bonds. The molecule has 6 heteroatoms. The Bertz CT molecular complexity index is 486. The van der Waals surface area contributed by atoms with Gasteiger partial charge in [-0.2, -0.15) is 0 Å². The van der Waals surface area contributed by atoms with E-state index in [1.807, 2.05) is 17.7 Å². The van der Waals surface area contributed by atoms with Gasteiger partial charge in [0.05, 0.1) is 6.33 Å². The molecule has 1 unspecified atom stereocenters. The Morgan fingerprint density at radius 3 is 3.06 bits per heavy atom. The van der Waals surface area contributed by atoms with Gasteiger partial charge in [0.25, 0.3) is 0 Å². The number of nitrogens with one attached hydrogen (secondary N) is 1. The summed E-state index contributed by atoms with van der Waals surface area (Å²) in [6.45, 7) is 2.67. The summed E-state index contributed by atoms with van der Waals surface area (Å²) in [6, 6.07) is 1.45. The largest absolute Gasteiger partial charge is 0.363 e. The monoisotopic (exact) mass is 298 g/mol. The Morgan fingerprint density at radius 2 is 2.41 bits per heavy atom. The molecule has 0 saturated heterocycles. The lowest BCUT2D eigenvalue weighted by molar-refractivity contribution is 0.593. The predicted molar refractivity (Wildman–Crippen MR) is 67.2 cm³/mol. The molecule has 1 atom stereocenters. The zero-order valence-corrected chi connectivity index (χ0v) is 10.9. The summed E-state index contributed by atoms with van der Waals surface area (Å²) in [4.78, 5) is 7.94. The van der Waals surface area contributed by atoms with E-state index < -0.39 is 0 Å². The van der Waals surface area contributed by atoms with Crippen LogP contribution in [0.25, 0.3) is 0 Å². The van der Waals surface area contributed by atoms with Crippen LogP contribution in [-0.4, -0.2) is 20.6 Å². The summed E-state index contributed by atoms with van der Waals surface area (Å²) in [6.07, 6.45) is 6.87. The quantitative estimate of drug-likeness (QED) is 0.944. The second-order valence-electron chi connectivity index (χ2n) is 3.79. The first-order valence-corrected chi connectivity index (χ1v) is 5.98. The number of aromatic nitrogens is 3. The Hall–Kier alpha value is -1.43. The molecule has 0 saturated carbocycles. The van der Waals surface area contributed by atoms with Gasteiger partial charge in [0.15, 0.2) is 11.6 Å². The highest BCUT2D eigenvalue weighted by Gasteiger charge is 2.08. The molecule has 0 aliphatic carbocycles. The van der Waals surface area contributed by atoms with E-state index in [1.54, 1.807) is 18.7 Å². The zero-order valence-electron chi connectivity index (χ0n) is 9.27. The lowest BCUT2D eigenvalue weighted by atomic mass is 10.3. The van der Waals surface area contributed by atoms with E-state index in [1.165, 1.54) is 6.07 Å². The summed E-state index contributed by atoms with van der Waals surface area (Å²) >= 11 is 3.17. The first kappa shape index (κ1) is 12.0. The fourth-order valence-electron chi connectivity index (χ4n) is 1.51. The SMILES string of the molecule is CC(Cn1ccnc1)Nc1ncc(Br)cc1F. The molecule has 2 aromatic rings. The van der Waals surface area contributed by atoms with E-state index in [2.05, 4.69) is 31.2 Å². The van der Waals surface area contributed by atoms with Crippen LogP contribution in [-0.2, 0) is 6.54 Å². The number of rotatable bonds is 4. The number of pyridine rings is 1. The number of anilines is 1. The maximum absolute atomic E-state index is 13.5. The number of hydrogen-bond donors (Lipinski definition) is 1. The number of imidazole rings is 1. The van der Waals surface area contributed by atoms with Crippen molar-refractivity contribution in [3.63, 3.8) is 0 Å². The van der Waals surface area contributed by atoms with Crippen molar-refractivity contribution in [2.75, 3.05) is 5.32 Å². The lowest BCUT2D eigenvalue weighted by Crippen LogP contribution is -2.22. The molecule has 0 aromatic carbocycles. The molecule has 17 heavy (non-hydrogen) atoms. The highest BCUT2D eigenvalue weighted by Crippen LogP contribution is 2.16. The van der Waals surface area contributed by atoms with Gasteiger partial charge in [-0.1, -0.05) is 0 Å². The third kappa shape index (κ3) is 3.26. The molecular formula is C11H12BrFN4. The minimum atomic E-state index is -0.364. The molecular weight excluding hydrogens is 287 g/mol. The first-order valence-electron chi connectivity index (χ1n) is 5.18. The van der Waals surface area contributed by atoms with Crippen LogP contribution in [0, 0.1) is 5.82 Å². The normalized spacial score (nSPS) is 12.4. The molecule has 2 aromatic heterocycles. The Morgan fingerprint density at radius 1 is 1.59 bits per heavy atom. The molecule has 1 N–H and O–H groups in total. The molecule has 4 nitrogen and oxygen atoms in total. The van der Waals surface area contributed by atoms with Gasteiger partial charge >= 0.3 is 0 Å². The highest BCUT2D eigenvalue weighted by molar-refractivity contribution is 9.10. The molecule has 0 fully saturated rings. The van der Waals surface area contributed by atoms with E-state index in [0.29, 0.717) is 11.0 Å². The third-order valence-electron chi connectivity index (χ3n) is 2.23. The Balaban J connectivity index is 2.00. The molecule has 2 rings (SSSR count). The smallest absolute Gasteiger partial charge is 0.166 e. The van der Waals surface area contributed by atoms with E-state index in [0.717, 1.165) is 0 Å². The minimum Gasteiger partial charge on any atom is -0.363 e. The highest BCUT2D eigenvalue weighted by atomic mass is 79.9. The van der Waals surface area contributed by atoms with Gasteiger partial charge in [0.2, 0.25) is 0 Å². The molecule has 0 spiro atoms. The average Bonchev–Trinajstić information content (AvgIpc) is 2.75. The molecule has 2 heterocycles. The van der Waals surface area contributed by atoms with Crippen molar-refractivity contribution in [3.05, 3.63) is 41.3 Å². The van der Waals surface area contributed by atoms with Gasteiger partial charge < -0.3 is 9.88 Å². The lowest BCUT2D eigenvalue weighted by Gasteiger charge is -2.15. The second kappa shape index (κ2) is 5.27. The molecule has 0 bridgehead atoms. The van der Waals surface area contributed by atoms with Gasteiger partial charge in [0.1, 0.15) is 0 Å². The number of nitrogens with zero attached hydrogens (tertiary/aromatic N) is 3. The maximum atomic E-state index is 13.5. The zero-order chi connectivity index (χ0) is 12.3. The van der Waals surface area contributed by atoms with Gasteiger partial charge in [-0.05, 0) is 28.9 Å². The first-order chi connectivity index (χ1) is 8.15. The van der Waals surface area contributed by atoms with E-state index in [-0.39, 0.29) is 17.7 Å². The van der Waals surface area contributed by atoms with E-state index in [9.17, 15) is 4.39 Å². The van der Waals surface area contributed by atoms with Crippen molar-refractivity contribution in [1.82, 2.24) is 14.5 Å². The van der Waals surface area contributed by atoms with Crippen LogP contribution in [0.3, 0.4) is 0 Å². The van der Waals surface area contributed by atoms with E-state index in [4.69, 9.17) is 0 Å². The Kier molecular flexibility index (Phi) is 3.73. The summed E-state index contributed by atoms with van der Waals surface area (Å²) < 4.78 is 16.1. The Labute approximate surface area is 107 Å². The van der Waals surface area contributed by atoms with Crippen LogP contribution in [0.2, 0.25) is 0 Å². The summed E-state index contributed by atoms with van der Waals surface area (Å²) in [7, 11) is 0. The summed E-state index contributed by atoms with van der Waals surface area (Å²) in [5.41, 5.74) is 0. The van der Waals surface area contributed by atoms with Crippen LogP contribution in [0.5, 0.6) is 0 Å². The maximum Gasteiger partial charge on any atom is 0.166 e. The van der Waals surface area contributed by atoms with Crippen molar-refractivity contribution in [1.29, 1.82) is 0 Å². The van der Waals surface area contributed by atoms with Gasteiger partial charge in [-0.15, -0.1) is 0 Å². The van der Waals surface area contributed by atoms with Gasteiger partial charge in [-0.3, -0.25) is 0 Å². The van der Waals surface area contributed by atoms with Gasteiger partial charge in [0, 0.05) is 35.6 Å². The van der Waals surface area contributed by atoms with Crippen LogP contribution >= 0.6 is 15.9 Å². The van der Waals surface area contributed by atoms with Crippen LogP contribution in [0.1, 0.15) is 6.92 Å². The van der Waals surface area contributed by atoms with Crippen molar-refractivity contribution in [2.24, 2.45) is 0 Å². The topological polar surface area (TPSA) is 42.7 Å². The number of hydrogen-bond acceptors (Lipinski definition) is 3. The average molecular weight is 299 g/mol. The standard InChI is InChI=1S/C11H12BrFN4/c1-8(6-17-3-2-14-7-17)16-11-10(13)4-9(12)5-15-11/h2-5,7-8H,6H2,1H3,(H,15,16). The minimum absolute atomic E-state index is 0.0624. The molecule has 90 valence electrons. The third-order valence-corrected chi connectivity index (χ3v) is 2.67. The fourth-order valence-corrected chi connectivity index (χ4v) is 1.81. The second-order valence-corrected chi connectivity index (χ2v) is 4.70. The fraction of sp³-hybridized carbons (Fsp3) is 0.273. The van der Waals surface area contributed by atoms with Crippen LogP contribution in [0.15, 0.2) is 35.5 Å². The molecule has 0 radical (unpaired) electrons. The summed E-state index contributed by atoms with van der Waals surface area (Å²) in [5, 5.41) is 3.02. The summed E-state index contributed by atoms with van der Waals surface area (Å²) in [5.74, 6) is -0.0994. The van der Waals surface area contributed by atoms with Crippen molar-refractivity contribution < 1.29 is 4.39 Å². The van der Waals surface area contributed by atoms with E-state index >= 15 is 0 Å². The predicted octanol–water partition coefficient (Wildman–Crippen LogP) is 2.68. The molecule has 0 aliphatic rings. The number of halogens is 2. The van der Waals surface area contributed by atoms with Crippen molar-refractivity contribution in [3.8, 4) is 0 Å². The van der Waals surface area contributed by atoms with Crippen molar-refractivity contribution in [2.45, 2.75) is 19.5 Å². The van der Waals surface area contributed by atoms with Crippen LogP contribution < -0.4 is 5.32 Å². The molecule has 0 aliphatic heterocycles. The van der Waals surface area contributed by atoms with Crippen molar-refractivity contribution >= 4 is 21.7 Å². The van der Waals surface area contributed by atoms with Gasteiger partial charge in [-0.25, -0.2) is 14.4 Å². The van der Waals surface area contributed by atoms with Crippen LogP contribution in [0.4, 0.5) is 10.2 Å².